The van der Waals surface area contributed by atoms with E-state index in [1.54, 1.807) is 0 Å². The molecule has 0 unspecified atom stereocenters. The van der Waals surface area contributed by atoms with E-state index in [2.05, 4.69) is 29.4 Å². The van der Waals surface area contributed by atoms with Crippen LogP contribution in [0.25, 0.3) is 0 Å². The maximum atomic E-state index is 12.4. The van der Waals surface area contributed by atoms with Gasteiger partial charge in [0.25, 0.3) is 0 Å². The van der Waals surface area contributed by atoms with Crippen molar-refractivity contribution in [2.45, 2.75) is 44.2 Å². The number of hydrogen-bond acceptors (Lipinski definition) is 3. The van der Waals surface area contributed by atoms with Crippen LogP contribution in [0.15, 0.2) is 12.2 Å². The van der Waals surface area contributed by atoms with Crippen LogP contribution in [-0.2, 0) is 4.74 Å². The van der Waals surface area contributed by atoms with Gasteiger partial charge in [-0.2, -0.15) is 0 Å². The summed E-state index contributed by atoms with van der Waals surface area (Å²) in [5.41, 5.74) is 0. The molecule has 1 N–H and O–H groups in total. The lowest BCUT2D eigenvalue weighted by Crippen LogP contribution is -2.53. The van der Waals surface area contributed by atoms with Crippen LogP contribution in [0, 0.1) is 5.92 Å². The van der Waals surface area contributed by atoms with Gasteiger partial charge in [-0.3, -0.25) is 0 Å². The normalized spacial score (nSPS) is 28.9. The maximum absolute atomic E-state index is 12.4. The Morgan fingerprint density at radius 1 is 1.36 bits per heavy atom. The summed E-state index contributed by atoms with van der Waals surface area (Å²) in [5, 5.41) is 3.14. The van der Waals surface area contributed by atoms with Crippen molar-refractivity contribution in [1.29, 1.82) is 0 Å². The number of urea groups is 1. The van der Waals surface area contributed by atoms with Crippen LogP contribution >= 0.6 is 0 Å². The lowest BCUT2D eigenvalue weighted by atomic mass is 10.0. The smallest absolute Gasteiger partial charge is 0.318 e. The molecule has 0 aromatic heterocycles. The van der Waals surface area contributed by atoms with Gasteiger partial charge in [-0.25, -0.2) is 4.79 Å². The van der Waals surface area contributed by atoms with Crippen molar-refractivity contribution in [1.82, 2.24) is 15.1 Å². The zero-order valence-corrected chi connectivity index (χ0v) is 13.7. The van der Waals surface area contributed by atoms with Gasteiger partial charge in [0, 0.05) is 32.2 Å². The zero-order valence-electron chi connectivity index (χ0n) is 13.7. The third kappa shape index (κ3) is 4.71. The van der Waals surface area contributed by atoms with E-state index in [9.17, 15) is 4.79 Å². The molecular weight excluding hydrogens is 278 g/mol. The Morgan fingerprint density at radius 2 is 2.23 bits per heavy atom. The molecule has 124 valence electrons. The van der Waals surface area contributed by atoms with Gasteiger partial charge in [-0.05, 0) is 45.1 Å². The highest BCUT2D eigenvalue weighted by Crippen LogP contribution is 2.29. The lowest BCUT2D eigenvalue weighted by Gasteiger charge is -2.35. The van der Waals surface area contributed by atoms with Crippen molar-refractivity contribution in [3.63, 3.8) is 0 Å². The molecule has 2 fully saturated rings. The fourth-order valence-electron chi connectivity index (χ4n) is 3.36. The lowest BCUT2D eigenvalue weighted by molar-refractivity contribution is -0.0279. The Bertz CT molecular complexity index is 409. The molecule has 0 aromatic carbocycles. The van der Waals surface area contributed by atoms with Gasteiger partial charge in [0.05, 0.1) is 12.7 Å². The molecule has 5 heteroatoms. The molecule has 0 bridgehead atoms. The third-order valence-corrected chi connectivity index (χ3v) is 4.77. The summed E-state index contributed by atoms with van der Waals surface area (Å²) in [6.07, 6.45) is 10.5. The van der Waals surface area contributed by atoms with Gasteiger partial charge in [-0.15, -0.1) is 0 Å². The summed E-state index contributed by atoms with van der Waals surface area (Å²) in [6.45, 7) is 4.14. The summed E-state index contributed by atoms with van der Waals surface area (Å²) in [5.74, 6) is 0.895. The zero-order chi connectivity index (χ0) is 15.4. The highest BCUT2D eigenvalue weighted by atomic mass is 16.5. The second-order valence-electron chi connectivity index (χ2n) is 7.02. The number of rotatable bonds is 5. The minimum Gasteiger partial charge on any atom is -0.373 e. The van der Waals surface area contributed by atoms with E-state index in [1.165, 1.54) is 25.8 Å². The van der Waals surface area contributed by atoms with Crippen LogP contribution in [0.5, 0.6) is 0 Å². The summed E-state index contributed by atoms with van der Waals surface area (Å²) in [7, 11) is 2.16. The van der Waals surface area contributed by atoms with E-state index in [-0.39, 0.29) is 18.2 Å². The highest BCUT2D eigenvalue weighted by molar-refractivity contribution is 5.75. The Hall–Kier alpha value is -1.07. The van der Waals surface area contributed by atoms with Crippen molar-refractivity contribution >= 4 is 6.03 Å². The molecule has 0 spiro atoms. The van der Waals surface area contributed by atoms with Gasteiger partial charge >= 0.3 is 6.03 Å². The first-order chi connectivity index (χ1) is 10.7. The van der Waals surface area contributed by atoms with Crippen LogP contribution in [0.4, 0.5) is 4.79 Å². The number of amides is 2. The molecule has 1 heterocycles. The average molecular weight is 307 g/mol. The number of allylic oxidation sites excluding steroid dienone is 1. The molecule has 0 aromatic rings. The van der Waals surface area contributed by atoms with Crippen molar-refractivity contribution in [3.05, 3.63) is 12.2 Å². The van der Waals surface area contributed by atoms with E-state index in [4.69, 9.17) is 4.74 Å². The minimum absolute atomic E-state index is 0.0645. The molecule has 5 nitrogen and oxygen atoms in total. The van der Waals surface area contributed by atoms with Crippen LogP contribution < -0.4 is 5.32 Å². The van der Waals surface area contributed by atoms with E-state index in [1.807, 2.05) is 4.90 Å². The van der Waals surface area contributed by atoms with Crippen molar-refractivity contribution in [2.24, 2.45) is 5.92 Å². The standard InChI is InChI=1S/C17H29N3O2/c1-19(11-14-7-8-14)12-16-13-20(9-10-22-16)17(21)18-15-5-3-2-4-6-15/h3,5,14-16H,2,4,6-13H2,1H3,(H,18,21)/t15-,16+/m0/s1. The molecule has 1 saturated heterocycles. The molecule has 0 radical (unpaired) electrons. The Morgan fingerprint density at radius 3 is 2.95 bits per heavy atom. The summed E-state index contributed by atoms with van der Waals surface area (Å²) in [4.78, 5) is 16.7. The van der Waals surface area contributed by atoms with E-state index < -0.39 is 0 Å². The number of carbonyl (C=O) groups is 1. The highest BCUT2D eigenvalue weighted by Gasteiger charge is 2.28. The van der Waals surface area contributed by atoms with E-state index in [0.717, 1.165) is 25.3 Å². The first-order valence-electron chi connectivity index (χ1n) is 8.73. The van der Waals surface area contributed by atoms with Crippen molar-refractivity contribution < 1.29 is 9.53 Å². The molecule has 2 aliphatic carbocycles. The van der Waals surface area contributed by atoms with Crippen LogP contribution in [0.3, 0.4) is 0 Å². The second kappa shape index (κ2) is 7.47. The first kappa shape index (κ1) is 15.8. The van der Waals surface area contributed by atoms with E-state index >= 15 is 0 Å². The maximum Gasteiger partial charge on any atom is 0.318 e. The Balaban J connectivity index is 1.43. The Kier molecular flexibility index (Phi) is 5.37. The monoisotopic (exact) mass is 307 g/mol. The fourth-order valence-corrected chi connectivity index (χ4v) is 3.36. The number of carbonyl (C=O) groups excluding carboxylic acids is 1. The fraction of sp³-hybridized carbons (Fsp3) is 0.824. The van der Waals surface area contributed by atoms with Gasteiger partial charge in [0.1, 0.15) is 0 Å². The number of nitrogens with one attached hydrogen (secondary N) is 1. The number of likely N-dealkylation sites (N-methyl/N-ethyl adjacent to an activating group) is 1. The molecule has 3 aliphatic rings. The van der Waals surface area contributed by atoms with Crippen molar-refractivity contribution in [3.8, 4) is 0 Å². The molecule has 3 rings (SSSR count). The topological polar surface area (TPSA) is 44.8 Å². The van der Waals surface area contributed by atoms with Crippen LogP contribution in [-0.4, -0.2) is 67.8 Å². The number of hydrogen-bond donors (Lipinski definition) is 1. The summed E-state index contributed by atoms with van der Waals surface area (Å²) < 4.78 is 5.84. The largest absolute Gasteiger partial charge is 0.373 e. The predicted molar refractivity (Wildman–Crippen MR) is 86.8 cm³/mol. The van der Waals surface area contributed by atoms with Gasteiger partial charge < -0.3 is 19.9 Å². The Labute approximate surface area is 133 Å². The predicted octanol–water partition coefficient (Wildman–Crippen LogP) is 1.85. The molecular formula is C17H29N3O2. The van der Waals surface area contributed by atoms with Crippen molar-refractivity contribution in [2.75, 3.05) is 39.8 Å². The number of ether oxygens (including phenoxy) is 1. The van der Waals surface area contributed by atoms with Gasteiger partial charge in [-0.1, -0.05) is 12.2 Å². The quantitative estimate of drug-likeness (QED) is 0.788. The minimum atomic E-state index is 0.0645. The average Bonchev–Trinajstić information content (AvgIpc) is 3.32. The SMILES string of the molecule is CN(CC1CC1)C[C@@H]1CN(C(=O)N[C@H]2C=CCCC2)CCO1. The molecule has 2 amide bonds. The summed E-state index contributed by atoms with van der Waals surface area (Å²) >= 11 is 0. The molecule has 1 aliphatic heterocycles. The number of morpholine rings is 1. The van der Waals surface area contributed by atoms with Gasteiger partial charge in [0.15, 0.2) is 0 Å². The van der Waals surface area contributed by atoms with E-state index in [0.29, 0.717) is 19.7 Å². The number of nitrogens with zero attached hydrogens (tertiary/aromatic N) is 2. The third-order valence-electron chi connectivity index (χ3n) is 4.77. The van der Waals surface area contributed by atoms with Crippen LogP contribution in [0.2, 0.25) is 0 Å². The first-order valence-corrected chi connectivity index (χ1v) is 8.73. The second-order valence-corrected chi connectivity index (χ2v) is 7.02. The summed E-state index contributed by atoms with van der Waals surface area (Å²) in [6, 6.07) is 0.273. The molecule has 22 heavy (non-hydrogen) atoms. The molecule has 2 atom stereocenters. The molecule has 1 saturated carbocycles. The van der Waals surface area contributed by atoms with Gasteiger partial charge in [0.2, 0.25) is 0 Å². The van der Waals surface area contributed by atoms with Crippen LogP contribution in [0.1, 0.15) is 32.1 Å².